The summed E-state index contributed by atoms with van der Waals surface area (Å²) in [4.78, 5) is 33.4. The highest BCUT2D eigenvalue weighted by atomic mass is 16.2. The van der Waals surface area contributed by atoms with Gasteiger partial charge in [0.2, 0.25) is 5.95 Å². The Bertz CT molecular complexity index is 682. The van der Waals surface area contributed by atoms with Crippen molar-refractivity contribution in [2.24, 2.45) is 4.99 Å². The van der Waals surface area contributed by atoms with E-state index in [1.807, 2.05) is 18.0 Å². The number of nitrogens with zero attached hydrogens (tertiary/aromatic N) is 6. The van der Waals surface area contributed by atoms with Crippen molar-refractivity contribution in [2.45, 2.75) is 85.6 Å². The molecular weight excluding hydrogens is 376 g/mol. The lowest BCUT2D eigenvalue weighted by molar-refractivity contribution is 0.166. The Kier molecular flexibility index (Phi) is 10.0. The molecule has 2 amide bonds. The van der Waals surface area contributed by atoms with E-state index in [0.29, 0.717) is 36.6 Å². The minimum absolute atomic E-state index is 0.0398. The van der Waals surface area contributed by atoms with Crippen LogP contribution in [-0.4, -0.2) is 59.3 Å². The first kappa shape index (κ1) is 24.1. The lowest BCUT2D eigenvalue weighted by Gasteiger charge is -2.37. The third-order valence-electron chi connectivity index (χ3n) is 5.85. The highest BCUT2D eigenvalue weighted by molar-refractivity contribution is 5.95. The van der Waals surface area contributed by atoms with Gasteiger partial charge in [0, 0.05) is 38.4 Å². The second kappa shape index (κ2) is 12.5. The number of carbonyl (C=O) groups is 1. The molecule has 0 atom stereocenters. The fraction of sp³-hybridized carbons (Fsp3) is 0.739. The van der Waals surface area contributed by atoms with E-state index in [4.69, 9.17) is 4.98 Å². The van der Waals surface area contributed by atoms with Crippen molar-refractivity contribution in [3.05, 3.63) is 6.20 Å². The number of hydrogen-bond donors (Lipinski definition) is 0. The minimum Gasteiger partial charge on any atom is -0.341 e. The SMILES string of the molecule is CCCC=Nc1nc(N(CC)CC)ncc1N(CC)C(=O)N(CC)C1CCCCC1. The van der Waals surface area contributed by atoms with Crippen LogP contribution in [0.25, 0.3) is 0 Å². The molecule has 0 radical (unpaired) electrons. The fourth-order valence-electron chi connectivity index (χ4n) is 4.09. The first-order valence-electron chi connectivity index (χ1n) is 11.8. The number of hydrogen-bond acceptors (Lipinski definition) is 5. The number of aromatic nitrogens is 2. The smallest absolute Gasteiger partial charge is 0.324 e. The van der Waals surface area contributed by atoms with Crippen molar-refractivity contribution in [1.29, 1.82) is 0 Å². The molecule has 1 heterocycles. The van der Waals surface area contributed by atoms with Crippen molar-refractivity contribution < 1.29 is 4.79 Å². The number of urea groups is 1. The molecule has 0 N–H and O–H groups in total. The zero-order valence-electron chi connectivity index (χ0n) is 19.6. The molecule has 0 saturated heterocycles. The van der Waals surface area contributed by atoms with Crippen LogP contribution in [0.2, 0.25) is 0 Å². The number of anilines is 2. The summed E-state index contributed by atoms with van der Waals surface area (Å²) in [6.45, 7) is 13.3. The lowest BCUT2D eigenvalue weighted by Crippen LogP contribution is -2.49. The van der Waals surface area contributed by atoms with Crippen molar-refractivity contribution >= 4 is 29.7 Å². The molecule has 0 bridgehead atoms. The summed E-state index contributed by atoms with van der Waals surface area (Å²) in [6, 6.07) is 0.367. The Morgan fingerprint density at radius 2 is 1.77 bits per heavy atom. The minimum atomic E-state index is 0.0398. The van der Waals surface area contributed by atoms with Gasteiger partial charge in [0.25, 0.3) is 0 Å². The van der Waals surface area contributed by atoms with Crippen molar-refractivity contribution in [3.8, 4) is 0 Å². The van der Waals surface area contributed by atoms with Crippen LogP contribution in [0.1, 0.15) is 79.6 Å². The van der Waals surface area contributed by atoms with Crippen molar-refractivity contribution in [3.63, 3.8) is 0 Å². The van der Waals surface area contributed by atoms with Gasteiger partial charge in [-0.3, -0.25) is 4.90 Å². The molecule has 1 aliphatic rings. The van der Waals surface area contributed by atoms with Gasteiger partial charge in [0.1, 0.15) is 5.69 Å². The standard InChI is InChI=1S/C23H40N6O/c1-6-11-17-24-21-20(18-25-22(26-21)27(7-2)8-3)29(10-5)23(30)28(9-4)19-15-13-12-14-16-19/h17-19H,6-16H2,1-5H3. The van der Waals surface area contributed by atoms with E-state index in [1.165, 1.54) is 19.3 Å². The van der Waals surface area contributed by atoms with Crippen LogP contribution in [0.4, 0.5) is 22.2 Å². The second-order valence-electron chi connectivity index (χ2n) is 7.76. The van der Waals surface area contributed by atoms with Gasteiger partial charge in [0.05, 0.1) is 6.20 Å². The monoisotopic (exact) mass is 416 g/mol. The average molecular weight is 417 g/mol. The Balaban J connectivity index is 2.39. The van der Waals surface area contributed by atoms with E-state index in [0.717, 1.165) is 38.8 Å². The first-order valence-corrected chi connectivity index (χ1v) is 11.8. The molecule has 1 aromatic heterocycles. The molecule has 7 nitrogen and oxygen atoms in total. The van der Waals surface area contributed by atoms with Gasteiger partial charge >= 0.3 is 6.03 Å². The van der Waals surface area contributed by atoms with Crippen LogP contribution in [-0.2, 0) is 0 Å². The van der Waals surface area contributed by atoms with Crippen LogP contribution in [0, 0.1) is 0 Å². The molecule has 1 saturated carbocycles. The highest BCUT2D eigenvalue weighted by Crippen LogP contribution is 2.30. The first-order chi connectivity index (χ1) is 14.6. The molecule has 1 aromatic rings. The maximum atomic E-state index is 13.6. The average Bonchev–Trinajstić information content (AvgIpc) is 2.78. The number of carbonyl (C=O) groups excluding carboxylic acids is 1. The number of aliphatic imine (C=N–C) groups is 1. The summed E-state index contributed by atoms with van der Waals surface area (Å²) >= 11 is 0. The number of amides is 2. The maximum absolute atomic E-state index is 13.6. The van der Waals surface area contributed by atoms with Crippen LogP contribution >= 0.6 is 0 Å². The van der Waals surface area contributed by atoms with E-state index in [-0.39, 0.29) is 6.03 Å². The molecule has 0 spiro atoms. The van der Waals surface area contributed by atoms with Crippen LogP contribution in [0.5, 0.6) is 0 Å². The van der Waals surface area contributed by atoms with Crippen molar-refractivity contribution in [1.82, 2.24) is 14.9 Å². The Hall–Kier alpha value is -2.18. The molecule has 0 aliphatic heterocycles. The molecule has 1 aliphatic carbocycles. The summed E-state index contributed by atoms with van der Waals surface area (Å²) in [6.07, 6.45) is 11.4. The summed E-state index contributed by atoms with van der Waals surface area (Å²) in [5.41, 5.74) is 0.694. The third-order valence-corrected chi connectivity index (χ3v) is 5.85. The van der Waals surface area contributed by atoms with Crippen LogP contribution in [0.15, 0.2) is 11.2 Å². The molecule has 168 valence electrons. The maximum Gasteiger partial charge on any atom is 0.324 e. The Labute approximate surface area is 182 Å². The number of rotatable bonds is 10. The van der Waals surface area contributed by atoms with Crippen LogP contribution in [0.3, 0.4) is 0 Å². The zero-order chi connectivity index (χ0) is 21.9. The molecule has 1 fully saturated rings. The van der Waals surface area contributed by atoms with E-state index < -0.39 is 0 Å². The highest BCUT2D eigenvalue weighted by Gasteiger charge is 2.29. The van der Waals surface area contributed by atoms with Crippen LogP contribution < -0.4 is 9.80 Å². The summed E-state index contributed by atoms with van der Waals surface area (Å²) in [5, 5.41) is 0. The molecule has 2 rings (SSSR count). The predicted molar refractivity (Wildman–Crippen MR) is 126 cm³/mol. The van der Waals surface area contributed by atoms with Gasteiger partial charge in [-0.1, -0.05) is 32.6 Å². The van der Waals surface area contributed by atoms with Gasteiger partial charge in [-0.05, 0) is 47.0 Å². The summed E-state index contributed by atoms with van der Waals surface area (Å²) in [5.74, 6) is 1.24. The van der Waals surface area contributed by atoms with Crippen molar-refractivity contribution in [2.75, 3.05) is 36.0 Å². The van der Waals surface area contributed by atoms with E-state index in [9.17, 15) is 4.79 Å². The predicted octanol–water partition coefficient (Wildman–Crippen LogP) is 5.43. The van der Waals surface area contributed by atoms with E-state index in [1.54, 1.807) is 11.1 Å². The fourth-order valence-corrected chi connectivity index (χ4v) is 4.09. The second-order valence-corrected chi connectivity index (χ2v) is 7.76. The van der Waals surface area contributed by atoms with Gasteiger partial charge in [-0.2, -0.15) is 4.98 Å². The Morgan fingerprint density at radius 3 is 2.33 bits per heavy atom. The normalized spacial score (nSPS) is 14.8. The van der Waals surface area contributed by atoms with Gasteiger partial charge in [0.15, 0.2) is 5.82 Å². The molecule has 0 unspecified atom stereocenters. The summed E-state index contributed by atoms with van der Waals surface area (Å²) in [7, 11) is 0. The summed E-state index contributed by atoms with van der Waals surface area (Å²) < 4.78 is 0. The third kappa shape index (κ3) is 5.92. The zero-order valence-corrected chi connectivity index (χ0v) is 19.6. The molecule has 0 aromatic carbocycles. The van der Waals surface area contributed by atoms with Gasteiger partial charge in [-0.15, -0.1) is 0 Å². The van der Waals surface area contributed by atoms with E-state index in [2.05, 4.69) is 42.6 Å². The largest absolute Gasteiger partial charge is 0.341 e. The Morgan fingerprint density at radius 1 is 1.07 bits per heavy atom. The molecular formula is C23H40N6O. The molecule has 30 heavy (non-hydrogen) atoms. The quantitative estimate of drug-likeness (QED) is 0.477. The number of unbranched alkanes of at least 4 members (excludes halogenated alkanes) is 1. The van der Waals surface area contributed by atoms with Gasteiger partial charge in [-0.25, -0.2) is 14.8 Å². The lowest BCUT2D eigenvalue weighted by atomic mass is 9.94. The van der Waals surface area contributed by atoms with E-state index >= 15 is 0 Å². The van der Waals surface area contributed by atoms with Gasteiger partial charge < -0.3 is 9.80 Å². The molecule has 7 heteroatoms. The topological polar surface area (TPSA) is 64.9 Å².